The molecule has 20 heavy (non-hydrogen) atoms. The van der Waals surface area contributed by atoms with Crippen LogP contribution in [0.2, 0.25) is 0 Å². The first-order valence-electron chi connectivity index (χ1n) is 6.96. The molecule has 0 radical (unpaired) electrons. The summed E-state index contributed by atoms with van der Waals surface area (Å²) >= 11 is 3.56. The number of rotatable bonds is 3. The maximum Gasteiger partial charge on any atom is 0.497 e. The third kappa shape index (κ3) is 2.61. The van der Waals surface area contributed by atoms with Crippen LogP contribution in [0.25, 0.3) is 0 Å². The van der Waals surface area contributed by atoms with Crippen molar-refractivity contribution in [1.82, 2.24) is 4.98 Å². The lowest BCUT2D eigenvalue weighted by molar-refractivity contribution is 0.00578. The Morgan fingerprint density at radius 3 is 2.35 bits per heavy atom. The molecule has 4 nitrogen and oxygen atoms in total. The zero-order valence-electron chi connectivity index (χ0n) is 12.3. The van der Waals surface area contributed by atoms with E-state index in [9.17, 15) is 0 Å². The highest BCUT2D eigenvalue weighted by Crippen LogP contribution is 2.37. The fraction of sp³-hybridized carbons (Fsp3) is 0.643. The maximum atomic E-state index is 6.03. The summed E-state index contributed by atoms with van der Waals surface area (Å²) < 4.78 is 18.6. The molecule has 2 fully saturated rings. The molecule has 108 valence electrons. The van der Waals surface area contributed by atoms with Crippen LogP contribution in [0.3, 0.4) is 0 Å². The summed E-state index contributed by atoms with van der Waals surface area (Å²) in [4.78, 5) is 4.35. The van der Waals surface area contributed by atoms with Crippen LogP contribution in [0.5, 0.6) is 5.88 Å². The standard InChI is InChI=1S/C14H19BBrNO3/c1-13(2)14(3,4)20-15(19-13)10-8-17-12(7-11(10)16)18-9-5-6-9/h7-9H,5-6H2,1-4H3. The van der Waals surface area contributed by atoms with Crippen molar-refractivity contribution in [3.63, 3.8) is 0 Å². The van der Waals surface area contributed by atoms with Crippen molar-refractivity contribution >= 4 is 28.5 Å². The minimum absolute atomic E-state index is 0.345. The van der Waals surface area contributed by atoms with E-state index < -0.39 is 7.12 Å². The molecule has 0 atom stereocenters. The predicted molar refractivity (Wildman–Crippen MR) is 81.3 cm³/mol. The van der Waals surface area contributed by atoms with Crippen molar-refractivity contribution in [3.8, 4) is 5.88 Å². The molecule has 1 saturated heterocycles. The minimum Gasteiger partial charge on any atom is -0.474 e. The first-order valence-corrected chi connectivity index (χ1v) is 7.75. The van der Waals surface area contributed by atoms with E-state index in [-0.39, 0.29) is 11.2 Å². The molecule has 0 N–H and O–H groups in total. The fourth-order valence-corrected chi connectivity index (χ4v) is 2.47. The summed E-state index contributed by atoms with van der Waals surface area (Å²) in [5.74, 6) is 0.652. The molecule has 2 aliphatic rings. The number of hydrogen-bond donors (Lipinski definition) is 0. The van der Waals surface area contributed by atoms with E-state index >= 15 is 0 Å². The fourth-order valence-electron chi connectivity index (χ4n) is 1.99. The third-order valence-corrected chi connectivity index (χ3v) is 4.86. The topological polar surface area (TPSA) is 40.6 Å². The summed E-state index contributed by atoms with van der Waals surface area (Å²) in [6, 6.07) is 1.89. The zero-order valence-corrected chi connectivity index (χ0v) is 13.9. The van der Waals surface area contributed by atoms with Gasteiger partial charge in [-0.25, -0.2) is 4.98 Å². The monoisotopic (exact) mass is 339 g/mol. The highest BCUT2D eigenvalue weighted by atomic mass is 79.9. The molecule has 2 heterocycles. The van der Waals surface area contributed by atoms with Gasteiger partial charge in [-0.15, -0.1) is 0 Å². The summed E-state index contributed by atoms with van der Waals surface area (Å²) in [6.45, 7) is 8.16. The Morgan fingerprint density at radius 1 is 1.25 bits per heavy atom. The normalized spacial score (nSPS) is 23.9. The Morgan fingerprint density at radius 2 is 1.85 bits per heavy atom. The van der Waals surface area contributed by atoms with Crippen molar-refractivity contribution in [2.75, 3.05) is 0 Å². The van der Waals surface area contributed by atoms with Crippen LogP contribution in [0, 0.1) is 0 Å². The van der Waals surface area contributed by atoms with Gasteiger partial charge >= 0.3 is 7.12 Å². The van der Waals surface area contributed by atoms with Crippen LogP contribution in [-0.2, 0) is 9.31 Å². The number of pyridine rings is 1. The van der Waals surface area contributed by atoms with Gasteiger partial charge in [-0.2, -0.15) is 0 Å². The van der Waals surface area contributed by atoms with E-state index in [1.165, 1.54) is 0 Å². The second kappa shape index (κ2) is 4.72. The van der Waals surface area contributed by atoms with Crippen LogP contribution >= 0.6 is 15.9 Å². The van der Waals surface area contributed by atoms with Crippen LogP contribution in [0.1, 0.15) is 40.5 Å². The van der Waals surface area contributed by atoms with Gasteiger partial charge < -0.3 is 14.0 Å². The quantitative estimate of drug-likeness (QED) is 0.794. The van der Waals surface area contributed by atoms with E-state index in [1.807, 2.05) is 33.8 Å². The number of aromatic nitrogens is 1. The summed E-state index contributed by atoms with van der Waals surface area (Å²) in [7, 11) is -0.406. The Bertz CT molecular complexity index is 515. The maximum absolute atomic E-state index is 6.03. The van der Waals surface area contributed by atoms with Crippen molar-refractivity contribution in [1.29, 1.82) is 0 Å². The van der Waals surface area contributed by atoms with Crippen LogP contribution in [0.15, 0.2) is 16.7 Å². The minimum atomic E-state index is -0.406. The molecule has 3 rings (SSSR count). The second-order valence-corrected chi connectivity index (χ2v) is 7.30. The lowest BCUT2D eigenvalue weighted by Gasteiger charge is -2.32. The largest absolute Gasteiger partial charge is 0.497 e. The van der Waals surface area contributed by atoms with E-state index in [1.54, 1.807) is 6.20 Å². The number of nitrogens with zero attached hydrogens (tertiary/aromatic N) is 1. The van der Waals surface area contributed by atoms with E-state index in [2.05, 4.69) is 20.9 Å². The molecule has 1 aliphatic carbocycles. The van der Waals surface area contributed by atoms with Crippen molar-refractivity contribution in [2.24, 2.45) is 0 Å². The molecule has 6 heteroatoms. The van der Waals surface area contributed by atoms with Crippen molar-refractivity contribution in [2.45, 2.75) is 57.8 Å². The predicted octanol–water partition coefficient (Wildman–Crippen LogP) is 2.68. The first kappa shape index (κ1) is 14.4. The zero-order chi connectivity index (χ0) is 14.5. The van der Waals surface area contributed by atoms with Gasteiger partial charge in [0.1, 0.15) is 6.10 Å². The summed E-state index contributed by atoms with van der Waals surface area (Å²) in [5, 5.41) is 0. The number of halogens is 1. The van der Waals surface area contributed by atoms with Crippen LogP contribution in [-0.4, -0.2) is 29.4 Å². The molecule has 0 bridgehead atoms. The van der Waals surface area contributed by atoms with Gasteiger partial charge in [-0.3, -0.25) is 0 Å². The smallest absolute Gasteiger partial charge is 0.474 e. The van der Waals surface area contributed by atoms with E-state index in [0.717, 1.165) is 22.8 Å². The number of ether oxygens (including phenoxy) is 1. The molecule has 0 aromatic carbocycles. The molecule has 0 amide bonds. The molecular weight excluding hydrogens is 321 g/mol. The average Bonchev–Trinajstić information content (AvgIpc) is 3.07. The molecule has 0 unspecified atom stereocenters. The highest BCUT2D eigenvalue weighted by molar-refractivity contribution is 9.10. The van der Waals surface area contributed by atoms with Gasteiger partial charge in [0.05, 0.1) is 11.2 Å². The Kier molecular flexibility index (Phi) is 3.38. The summed E-state index contributed by atoms with van der Waals surface area (Å²) in [5.41, 5.74) is 0.201. The van der Waals surface area contributed by atoms with Gasteiger partial charge in [0.25, 0.3) is 0 Å². The number of hydrogen-bond acceptors (Lipinski definition) is 4. The first-order chi connectivity index (χ1) is 9.28. The molecular formula is C14H19BBrNO3. The SMILES string of the molecule is CC1(C)OB(c2cnc(OC3CC3)cc2Br)OC1(C)C. The van der Waals surface area contributed by atoms with Gasteiger partial charge in [0.2, 0.25) is 5.88 Å². The molecule has 1 aromatic rings. The van der Waals surface area contributed by atoms with Crippen molar-refractivity contribution in [3.05, 3.63) is 16.7 Å². The summed E-state index contributed by atoms with van der Waals surface area (Å²) in [6.07, 6.45) is 4.36. The van der Waals surface area contributed by atoms with Gasteiger partial charge in [0, 0.05) is 22.2 Å². The molecule has 1 aromatic heterocycles. The van der Waals surface area contributed by atoms with Gasteiger partial charge in [-0.1, -0.05) is 15.9 Å². The van der Waals surface area contributed by atoms with Crippen LogP contribution < -0.4 is 10.2 Å². The van der Waals surface area contributed by atoms with E-state index in [0.29, 0.717) is 12.0 Å². The Balaban J connectivity index is 1.80. The van der Waals surface area contributed by atoms with Gasteiger partial charge in [0.15, 0.2) is 0 Å². The molecule has 0 spiro atoms. The van der Waals surface area contributed by atoms with Crippen molar-refractivity contribution < 1.29 is 14.0 Å². The highest BCUT2D eigenvalue weighted by Gasteiger charge is 2.52. The Hall–Kier alpha value is -0.585. The van der Waals surface area contributed by atoms with E-state index in [4.69, 9.17) is 14.0 Å². The Labute approximate surface area is 128 Å². The third-order valence-electron chi connectivity index (χ3n) is 4.18. The lowest BCUT2D eigenvalue weighted by atomic mass is 9.80. The van der Waals surface area contributed by atoms with Gasteiger partial charge in [-0.05, 0) is 40.5 Å². The van der Waals surface area contributed by atoms with Crippen LogP contribution in [0.4, 0.5) is 0 Å². The lowest BCUT2D eigenvalue weighted by Crippen LogP contribution is -2.41. The molecule has 1 aliphatic heterocycles. The second-order valence-electron chi connectivity index (χ2n) is 6.45. The molecule has 1 saturated carbocycles. The average molecular weight is 340 g/mol.